The number of hydrogen-bond acceptors (Lipinski definition) is 3. The minimum Gasteiger partial charge on any atom is -0.384 e. The molecule has 4 nitrogen and oxygen atoms in total. The standard InChI is InChI=1S/C19H27NO3S/c1-14(2)16-9-12-20(18(13-16)19(21)10-4-11-19)24(22,23)17-7-5-15(3)6-8-17/h5-8,13-14,16,21H,4,9-12H2,1-3H3. The molecule has 0 bridgehead atoms. The summed E-state index contributed by atoms with van der Waals surface area (Å²) in [5.74, 6) is 0.752. The molecular weight excluding hydrogens is 322 g/mol. The van der Waals surface area contributed by atoms with Gasteiger partial charge in [-0.05, 0) is 56.6 Å². The zero-order valence-corrected chi connectivity index (χ0v) is 15.5. The highest BCUT2D eigenvalue weighted by Crippen LogP contribution is 2.44. The van der Waals surface area contributed by atoms with E-state index in [1.807, 2.05) is 25.1 Å². The molecule has 1 heterocycles. The molecule has 1 fully saturated rings. The number of aryl methyl sites for hydroxylation is 1. The van der Waals surface area contributed by atoms with Crippen LogP contribution in [0.5, 0.6) is 0 Å². The van der Waals surface area contributed by atoms with Gasteiger partial charge in [0.1, 0.15) is 5.60 Å². The highest BCUT2D eigenvalue weighted by molar-refractivity contribution is 7.89. The molecule has 5 heteroatoms. The smallest absolute Gasteiger partial charge is 0.264 e. The van der Waals surface area contributed by atoms with E-state index < -0.39 is 15.6 Å². The predicted molar refractivity (Wildman–Crippen MR) is 94.9 cm³/mol. The van der Waals surface area contributed by atoms with Gasteiger partial charge in [-0.3, -0.25) is 4.31 Å². The summed E-state index contributed by atoms with van der Waals surface area (Å²) in [5, 5.41) is 10.9. The van der Waals surface area contributed by atoms with Crippen molar-refractivity contribution >= 4 is 10.0 Å². The Balaban J connectivity index is 2.01. The molecule has 1 aromatic carbocycles. The van der Waals surface area contributed by atoms with Crippen molar-refractivity contribution in [2.75, 3.05) is 6.54 Å². The van der Waals surface area contributed by atoms with E-state index in [4.69, 9.17) is 0 Å². The summed E-state index contributed by atoms with van der Waals surface area (Å²) in [5.41, 5.74) is 0.644. The number of sulfonamides is 1. The van der Waals surface area contributed by atoms with Gasteiger partial charge in [-0.25, -0.2) is 8.42 Å². The average molecular weight is 349 g/mol. The Morgan fingerprint density at radius 3 is 2.33 bits per heavy atom. The van der Waals surface area contributed by atoms with Crippen molar-refractivity contribution in [2.45, 2.75) is 57.0 Å². The van der Waals surface area contributed by atoms with E-state index in [-0.39, 0.29) is 0 Å². The van der Waals surface area contributed by atoms with Crippen LogP contribution in [0.4, 0.5) is 0 Å². The van der Waals surface area contributed by atoms with Crippen molar-refractivity contribution in [1.82, 2.24) is 4.31 Å². The minimum absolute atomic E-state index is 0.296. The van der Waals surface area contributed by atoms with Gasteiger partial charge in [0.2, 0.25) is 0 Å². The van der Waals surface area contributed by atoms with Gasteiger partial charge in [0.25, 0.3) is 10.0 Å². The van der Waals surface area contributed by atoms with Crippen LogP contribution in [0.3, 0.4) is 0 Å². The van der Waals surface area contributed by atoms with Crippen molar-refractivity contribution in [3.8, 4) is 0 Å². The first-order valence-electron chi connectivity index (χ1n) is 8.78. The lowest BCUT2D eigenvalue weighted by atomic mass is 9.75. The molecule has 1 aromatic rings. The number of aliphatic hydroxyl groups is 1. The topological polar surface area (TPSA) is 57.6 Å². The van der Waals surface area contributed by atoms with Crippen molar-refractivity contribution < 1.29 is 13.5 Å². The van der Waals surface area contributed by atoms with Crippen LogP contribution in [-0.2, 0) is 10.0 Å². The quantitative estimate of drug-likeness (QED) is 0.905. The molecule has 0 amide bonds. The second kappa shape index (κ2) is 6.19. The zero-order valence-electron chi connectivity index (χ0n) is 14.7. The van der Waals surface area contributed by atoms with Crippen LogP contribution < -0.4 is 0 Å². The SMILES string of the molecule is Cc1ccc(S(=O)(=O)N2CCC(C(C)C)C=C2C2(O)CCC2)cc1. The molecule has 1 aliphatic heterocycles. The lowest BCUT2D eigenvalue weighted by Crippen LogP contribution is -2.50. The summed E-state index contributed by atoms with van der Waals surface area (Å²) in [6.45, 7) is 6.67. The predicted octanol–water partition coefficient (Wildman–Crippen LogP) is 3.46. The normalized spacial score (nSPS) is 23.8. The van der Waals surface area contributed by atoms with E-state index in [1.165, 1.54) is 4.31 Å². The fourth-order valence-corrected chi connectivity index (χ4v) is 5.09. The maximum atomic E-state index is 13.1. The molecular formula is C19H27NO3S. The third-order valence-corrected chi connectivity index (χ3v) is 7.26. The van der Waals surface area contributed by atoms with E-state index in [1.54, 1.807) is 12.1 Å². The summed E-state index contributed by atoms with van der Waals surface area (Å²) in [4.78, 5) is 0.296. The molecule has 3 rings (SSSR count). The van der Waals surface area contributed by atoms with Crippen molar-refractivity contribution in [3.05, 3.63) is 41.6 Å². The third kappa shape index (κ3) is 3.00. The Morgan fingerprint density at radius 2 is 1.83 bits per heavy atom. The average Bonchev–Trinajstić information content (AvgIpc) is 2.52. The van der Waals surface area contributed by atoms with Crippen LogP contribution >= 0.6 is 0 Å². The van der Waals surface area contributed by atoms with Gasteiger partial charge in [-0.15, -0.1) is 0 Å². The number of benzene rings is 1. The van der Waals surface area contributed by atoms with Gasteiger partial charge in [0.05, 0.1) is 10.6 Å². The second-order valence-corrected chi connectivity index (χ2v) is 9.39. The molecule has 1 unspecified atom stereocenters. The molecule has 132 valence electrons. The lowest BCUT2D eigenvalue weighted by molar-refractivity contribution is -0.0162. The summed E-state index contributed by atoms with van der Waals surface area (Å²) in [6, 6.07) is 6.94. The first-order valence-corrected chi connectivity index (χ1v) is 10.2. The van der Waals surface area contributed by atoms with Gasteiger partial charge in [0.15, 0.2) is 0 Å². The van der Waals surface area contributed by atoms with Gasteiger partial charge in [0, 0.05) is 6.54 Å². The first-order chi connectivity index (χ1) is 11.2. The van der Waals surface area contributed by atoms with Crippen molar-refractivity contribution in [2.24, 2.45) is 11.8 Å². The minimum atomic E-state index is -3.63. The number of nitrogens with zero attached hydrogens (tertiary/aromatic N) is 1. The second-order valence-electron chi connectivity index (χ2n) is 7.52. The van der Waals surface area contributed by atoms with E-state index in [0.29, 0.717) is 41.8 Å². The Labute approximate surface area is 145 Å². The summed E-state index contributed by atoms with van der Waals surface area (Å²) in [7, 11) is -3.63. The monoisotopic (exact) mass is 349 g/mol. The van der Waals surface area contributed by atoms with Crippen molar-refractivity contribution in [3.63, 3.8) is 0 Å². The molecule has 1 saturated carbocycles. The Morgan fingerprint density at radius 1 is 1.21 bits per heavy atom. The number of allylic oxidation sites excluding steroid dienone is 1. The number of hydrogen-bond donors (Lipinski definition) is 1. The summed E-state index contributed by atoms with van der Waals surface area (Å²) < 4.78 is 27.7. The third-order valence-electron chi connectivity index (χ3n) is 5.43. The van der Waals surface area contributed by atoms with Gasteiger partial charge < -0.3 is 5.11 Å². The van der Waals surface area contributed by atoms with Crippen molar-refractivity contribution in [1.29, 1.82) is 0 Å². The Hall–Kier alpha value is -1.33. The van der Waals surface area contributed by atoms with Gasteiger partial charge >= 0.3 is 0 Å². The lowest BCUT2D eigenvalue weighted by Gasteiger charge is -2.46. The zero-order chi connectivity index (χ0) is 17.5. The van der Waals surface area contributed by atoms with E-state index in [2.05, 4.69) is 13.8 Å². The van der Waals surface area contributed by atoms with Crippen LogP contribution in [0.25, 0.3) is 0 Å². The summed E-state index contributed by atoms with van der Waals surface area (Å²) >= 11 is 0. The van der Waals surface area contributed by atoms with Crippen LogP contribution in [0.15, 0.2) is 40.9 Å². The van der Waals surface area contributed by atoms with Crippen LogP contribution in [0.2, 0.25) is 0 Å². The number of rotatable bonds is 4. The molecule has 0 aromatic heterocycles. The Bertz CT molecular complexity index is 730. The fourth-order valence-electron chi connectivity index (χ4n) is 3.52. The van der Waals surface area contributed by atoms with E-state index in [9.17, 15) is 13.5 Å². The summed E-state index contributed by atoms with van der Waals surface area (Å²) in [6.07, 6.45) is 5.03. The molecule has 0 saturated heterocycles. The maximum absolute atomic E-state index is 13.1. The molecule has 24 heavy (non-hydrogen) atoms. The van der Waals surface area contributed by atoms with Crippen LogP contribution in [-0.4, -0.2) is 30.0 Å². The fraction of sp³-hybridized carbons (Fsp3) is 0.579. The Kier molecular flexibility index (Phi) is 4.51. The highest BCUT2D eigenvalue weighted by atomic mass is 32.2. The molecule has 0 spiro atoms. The van der Waals surface area contributed by atoms with E-state index >= 15 is 0 Å². The van der Waals surface area contributed by atoms with Crippen LogP contribution in [0, 0.1) is 18.8 Å². The molecule has 1 atom stereocenters. The largest absolute Gasteiger partial charge is 0.384 e. The molecule has 1 N–H and O–H groups in total. The molecule has 1 aliphatic carbocycles. The van der Waals surface area contributed by atoms with Crippen LogP contribution in [0.1, 0.15) is 45.1 Å². The first kappa shape index (κ1) is 17.5. The van der Waals surface area contributed by atoms with Gasteiger partial charge in [-0.2, -0.15) is 0 Å². The maximum Gasteiger partial charge on any atom is 0.264 e. The molecule has 0 radical (unpaired) electrons. The highest BCUT2D eigenvalue weighted by Gasteiger charge is 2.46. The molecule has 2 aliphatic rings. The van der Waals surface area contributed by atoms with Gasteiger partial charge in [-0.1, -0.05) is 37.6 Å². The van der Waals surface area contributed by atoms with E-state index in [0.717, 1.165) is 18.4 Å².